The highest BCUT2D eigenvalue weighted by Crippen LogP contribution is 2.27. The molecule has 1 fully saturated rings. The lowest BCUT2D eigenvalue weighted by Crippen LogP contribution is -2.35. The van der Waals surface area contributed by atoms with Crippen molar-refractivity contribution in [2.45, 2.75) is 13.0 Å². The Hall–Kier alpha value is -2.37. The van der Waals surface area contributed by atoms with Gasteiger partial charge in [-0.1, -0.05) is 30.3 Å². The minimum Gasteiger partial charge on any atom is -0.379 e. The van der Waals surface area contributed by atoms with E-state index in [2.05, 4.69) is 45.4 Å². The van der Waals surface area contributed by atoms with E-state index in [1.165, 1.54) is 16.8 Å². The van der Waals surface area contributed by atoms with E-state index < -0.39 is 0 Å². The number of carbonyl (C=O) groups is 1. The molecule has 1 N–H and O–H groups in total. The minimum absolute atomic E-state index is 0.0302. The summed E-state index contributed by atoms with van der Waals surface area (Å²) >= 11 is 0. The zero-order valence-electron chi connectivity index (χ0n) is 15.0. The average Bonchev–Trinajstić information content (AvgIpc) is 3.07. The number of fused-ring (bicyclic) bond motifs is 1. The Morgan fingerprint density at radius 2 is 1.77 bits per heavy atom. The van der Waals surface area contributed by atoms with Crippen LogP contribution >= 0.6 is 0 Å². The number of benzene rings is 2. The van der Waals surface area contributed by atoms with Gasteiger partial charge in [-0.2, -0.15) is 0 Å². The molecule has 2 heterocycles. The summed E-state index contributed by atoms with van der Waals surface area (Å²) in [5.74, 6) is 0.0302. The Morgan fingerprint density at radius 1 is 1.00 bits per heavy atom. The maximum Gasteiger partial charge on any atom is 0.243 e. The lowest BCUT2D eigenvalue weighted by Gasteiger charge is -2.26. The summed E-state index contributed by atoms with van der Waals surface area (Å²) < 4.78 is 5.38. The molecular formula is C21H25N3O2. The molecule has 2 aliphatic rings. The number of nitrogens with one attached hydrogen (secondary N) is 1. The maximum absolute atomic E-state index is 12.4. The molecule has 0 bridgehead atoms. The van der Waals surface area contributed by atoms with Gasteiger partial charge in [0.1, 0.15) is 0 Å². The highest BCUT2D eigenvalue weighted by Gasteiger charge is 2.20. The predicted molar refractivity (Wildman–Crippen MR) is 104 cm³/mol. The average molecular weight is 351 g/mol. The molecule has 0 saturated carbocycles. The van der Waals surface area contributed by atoms with Crippen LogP contribution in [-0.2, 0) is 22.5 Å². The van der Waals surface area contributed by atoms with E-state index >= 15 is 0 Å². The van der Waals surface area contributed by atoms with Gasteiger partial charge in [-0.25, -0.2) is 0 Å². The van der Waals surface area contributed by atoms with Gasteiger partial charge < -0.3 is 15.0 Å². The van der Waals surface area contributed by atoms with Crippen molar-refractivity contribution < 1.29 is 9.53 Å². The van der Waals surface area contributed by atoms with Gasteiger partial charge >= 0.3 is 0 Å². The van der Waals surface area contributed by atoms with Gasteiger partial charge in [0.05, 0.1) is 19.8 Å². The lowest BCUT2D eigenvalue weighted by molar-refractivity contribution is -0.115. The number of morpholine rings is 1. The van der Waals surface area contributed by atoms with Gasteiger partial charge in [0.15, 0.2) is 0 Å². The molecule has 5 nitrogen and oxygen atoms in total. The number of hydrogen-bond donors (Lipinski definition) is 1. The Bertz CT molecular complexity index is 754. The smallest absolute Gasteiger partial charge is 0.243 e. The fourth-order valence-corrected chi connectivity index (χ4v) is 3.66. The fourth-order valence-electron chi connectivity index (χ4n) is 3.66. The zero-order chi connectivity index (χ0) is 17.8. The second kappa shape index (κ2) is 7.89. The van der Waals surface area contributed by atoms with Gasteiger partial charge in [0, 0.05) is 37.6 Å². The monoisotopic (exact) mass is 351 g/mol. The lowest BCUT2D eigenvalue weighted by atomic mass is 10.2. The quantitative estimate of drug-likeness (QED) is 0.899. The Kier molecular flexibility index (Phi) is 5.18. The number of rotatable bonds is 5. The number of nitrogens with zero attached hydrogens (tertiary/aromatic N) is 2. The third-order valence-electron chi connectivity index (χ3n) is 5.07. The van der Waals surface area contributed by atoms with Crippen LogP contribution in [0.15, 0.2) is 48.5 Å². The molecular weight excluding hydrogens is 326 g/mol. The Labute approximate surface area is 154 Å². The highest BCUT2D eigenvalue weighted by molar-refractivity contribution is 5.94. The van der Waals surface area contributed by atoms with Crippen LogP contribution in [0.3, 0.4) is 0 Å². The van der Waals surface area contributed by atoms with Crippen LogP contribution in [0.5, 0.6) is 0 Å². The van der Waals surface area contributed by atoms with Crippen LogP contribution in [-0.4, -0.2) is 50.2 Å². The Balaban J connectivity index is 1.30. The topological polar surface area (TPSA) is 44.8 Å². The van der Waals surface area contributed by atoms with Crippen molar-refractivity contribution in [3.8, 4) is 0 Å². The van der Waals surface area contributed by atoms with Crippen LogP contribution in [0.25, 0.3) is 0 Å². The van der Waals surface area contributed by atoms with Crippen LogP contribution in [0.1, 0.15) is 11.1 Å². The summed E-state index contributed by atoms with van der Waals surface area (Å²) in [6.07, 6.45) is 1.01. The first-order valence-corrected chi connectivity index (χ1v) is 9.30. The van der Waals surface area contributed by atoms with Crippen molar-refractivity contribution in [1.82, 2.24) is 4.90 Å². The first-order valence-electron chi connectivity index (χ1n) is 9.30. The van der Waals surface area contributed by atoms with Crippen LogP contribution < -0.4 is 10.2 Å². The molecule has 0 unspecified atom stereocenters. The minimum atomic E-state index is 0.0302. The van der Waals surface area contributed by atoms with Crippen molar-refractivity contribution in [3.05, 3.63) is 59.7 Å². The number of anilines is 2. The van der Waals surface area contributed by atoms with Crippen molar-refractivity contribution in [2.75, 3.05) is 49.6 Å². The summed E-state index contributed by atoms with van der Waals surface area (Å²) in [4.78, 5) is 16.9. The number of para-hydroxylation sites is 1. The molecule has 0 aromatic heterocycles. The third kappa shape index (κ3) is 4.06. The fraction of sp³-hybridized carbons (Fsp3) is 0.381. The predicted octanol–water partition coefficient (Wildman–Crippen LogP) is 2.52. The summed E-state index contributed by atoms with van der Waals surface area (Å²) in [5.41, 5.74) is 4.63. The summed E-state index contributed by atoms with van der Waals surface area (Å²) in [6, 6.07) is 16.5. The van der Waals surface area contributed by atoms with Crippen LogP contribution in [0.4, 0.5) is 11.4 Å². The second-order valence-corrected chi connectivity index (χ2v) is 6.93. The van der Waals surface area contributed by atoms with E-state index in [-0.39, 0.29) is 5.91 Å². The Morgan fingerprint density at radius 3 is 2.58 bits per heavy atom. The first-order chi connectivity index (χ1) is 12.8. The molecule has 4 rings (SSSR count). The van der Waals surface area contributed by atoms with Crippen LogP contribution in [0, 0.1) is 0 Å². The van der Waals surface area contributed by atoms with Gasteiger partial charge in [0.2, 0.25) is 5.91 Å². The molecule has 2 aromatic carbocycles. The molecule has 5 heteroatoms. The van der Waals surface area contributed by atoms with E-state index in [9.17, 15) is 4.79 Å². The molecule has 0 aliphatic carbocycles. The SMILES string of the molecule is O=C(CN1CCc2ccccc21)Nc1ccc(CN2CCOCC2)cc1. The summed E-state index contributed by atoms with van der Waals surface area (Å²) in [5, 5.41) is 3.02. The van der Waals surface area contributed by atoms with Gasteiger partial charge in [-0.15, -0.1) is 0 Å². The molecule has 2 aliphatic heterocycles. The molecule has 1 saturated heterocycles. The van der Waals surface area contributed by atoms with Crippen molar-refractivity contribution in [1.29, 1.82) is 0 Å². The van der Waals surface area contributed by atoms with E-state index in [0.29, 0.717) is 6.54 Å². The maximum atomic E-state index is 12.4. The van der Waals surface area contributed by atoms with Gasteiger partial charge in [0.25, 0.3) is 0 Å². The normalized spacial score (nSPS) is 17.2. The molecule has 136 valence electrons. The number of carbonyl (C=O) groups excluding carboxylic acids is 1. The molecule has 26 heavy (non-hydrogen) atoms. The van der Waals surface area contributed by atoms with Crippen molar-refractivity contribution in [2.24, 2.45) is 0 Å². The number of ether oxygens (including phenoxy) is 1. The third-order valence-corrected chi connectivity index (χ3v) is 5.07. The standard InChI is InChI=1S/C21H25N3O2/c25-21(16-24-10-9-18-3-1-2-4-20(18)24)22-19-7-5-17(6-8-19)15-23-11-13-26-14-12-23/h1-8H,9-16H2,(H,22,25). The first kappa shape index (κ1) is 17.1. The molecule has 0 radical (unpaired) electrons. The van der Waals surface area contributed by atoms with Crippen molar-refractivity contribution >= 4 is 17.3 Å². The molecule has 0 spiro atoms. The molecule has 2 aromatic rings. The largest absolute Gasteiger partial charge is 0.379 e. The van der Waals surface area contributed by atoms with E-state index in [4.69, 9.17) is 4.74 Å². The van der Waals surface area contributed by atoms with Gasteiger partial charge in [-0.05, 0) is 35.7 Å². The van der Waals surface area contributed by atoms with Crippen molar-refractivity contribution in [3.63, 3.8) is 0 Å². The van der Waals surface area contributed by atoms with E-state index in [0.717, 1.165) is 51.5 Å². The zero-order valence-corrected chi connectivity index (χ0v) is 15.0. The summed E-state index contributed by atoms with van der Waals surface area (Å²) in [6.45, 7) is 5.83. The van der Waals surface area contributed by atoms with Gasteiger partial charge in [-0.3, -0.25) is 9.69 Å². The number of hydrogen-bond acceptors (Lipinski definition) is 4. The summed E-state index contributed by atoms with van der Waals surface area (Å²) in [7, 11) is 0. The van der Waals surface area contributed by atoms with E-state index in [1.807, 2.05) is 18.2 Å². The van der Waals surface area contributed by atoms with E-state index in [1.54, 1.807) is 0 Å². The number of amides is 1. The molecule has 0 atom stereocenters. The molecule has 1 amide bonds. The highest BCUT2D eigenvalue weighted by atomic mass is 16.5. The second-order valence-electron chi connectivity index (χ2n) is 6.93. The van der Waals surface area contributed by atoms with Crippen LogP contribution in [0.2, 0.25) is 0 Å².